The number of hydrogen-bond acceptors (Lipinski definition) is 3. The minimum atomic E-state index is -0.474. The van der Waals surface area contributed by atoms with Crippen molar-refractivity contribution in [2.75, 3.05) is 13.1 Å². The van der Waals surface area contributed by atoms with Gasteiger partial charge in [0.15, 0.2) is 0 Å². The van der Waals surface area contributed by atoms with Gasteiger partial charge in [-0.3, -0.25) is 10.00 Å². The Morgan fingerprint density at radius 1 is 1.23 bits per heavy atom. The topological polar surface area (TPSA) is 52.2 Å². The summed E-state index contributed by atoms with van der Waals surface area (Å²) in [5.74, 6) is 1.00. The van der Waals surface area contributed by atoms with Crippen molar-refractivity contribution in [1.82, 2.24) is 15.1 Å². The number of aromatic amines is 1. The summed E-state index contributed by atoms with van der Waals surface area (Å²) >= 11 is 2.35. The first kappa shape index (κ1) is 23.0. The molecule has 1 aliphatic heterocycles. The lowest BCUT2D eigenvalue weighted by Gasteiger charge is -2.50. The lowest BCUT2D eigenvalue weighted by Crippen LogP contribution is -2.63. The van der Waals surface area contributed by atoms with Crippen molar-refractivity contribution < 1.29 is 5.11 Å². The molecule has 5 heteroatoms. The number of fused-ring (bicyclic) bond motifs is 1. The zero-order chi connectivity index (χ0) is 22.3. The van der Waals surface area contributed by atoms with E-state index in [4.69, 9.17) is 5.10 Å². The van der Waals surface area contributed by atoms with Gasteiger partial charge in [0.2, 0.25) is 0 Å². The second-order valence-corrected chi connectivity index (χ2v) is 11.1. The highest BCUT2D eigenvalue weighted by Crippen LogP contribution is 2.40. The number of nitrogens with zero attached hydrogens (tertiary/aromatic N) is 2. The van der Waals surface area contributed by atoms with Crippen LogP contribution in [-0.2, 0) is 0 Å². The molecule has 0 spiro atoms. The number of H-pyrrole nitrogens is 1. The maximum atomic E-state index is 10.1. The molecule has 2 heterocycles. The standard InChI is InChI=1S/C26H36IN3O/c1-16(2)10-19(13-27)22-12-24-23(11-21(22)17(3)4)25(29-28-24)18-6-8-20(9-7-18)30-14-26(5,31)15-30/h10-13,17-18,20,31H,6-9,14-15H2,1-5H3,(H,28,29)/b19-13+. The largest absolute Gasteiger partial charge is 0.388 e. The number of rotatable bonds is 5. The minimum Gasteiger partial charge on any atom is -0.388 e. The van der Waals surface area contributed by atoms with Crippen LogP contribution in [0, 0.1) is 0 Å². The van der Waals surface area contributed by atoms with E-state index in [0.717, 1.165) is 18.6 Å². The molecule has 4 nitrogen and oxygen atoms in total. The smallest absolute Gasteiger partial charge is 0.0930 e. The number of aromatic nitrogens is 2. The van der Waals surface area contributed by atoms with Gasteiger partial charge in [-0.05, 0) is 85.3 Å². The van der Waals surface area contributed by atoms with Crippen molar-refractivity contribution in [2.45, 2.75) is 83.8 Å². The summed E-state index contributed by atoms with van der Waals surface area (Å²) in [5, 5.41) is 19.5. The quantitative estimate of drug-likeness (QED) is 0.340. The Morgan fingerprint density at radius 3 is 2.45 bits per heavy atom. The van der Waals surface area contributed by atoms with E-state index < -0.39 is 5.60 Å². The van der Waals surface area contributed by atoms with Crippen molar-refractivity contribution in [2.24, 2.45) is 0 Å². The summed E-state index contributed by atoms with van der Waals surface area (Å²) in [4.78, 5) is 2.46. The van der Waals surface area contributed by atoms with Crippen LogP contribution in [0.4, 0.5) is 0 Å². The van der Waals surface area contributed by atoms with Gasteiger partial charge in [-0.2, -0.15) is 5.10 Å². The Bertz CT molecular complexity index is 997. The molecule has 1 aromatic carbocycles. The molecule has 2 aliphatic rings. The summed E-state index contributed by atoms with van der Waals surface area (Å²) < 4.78 is 2.18. The predicted molar refractivity (Wildman–Crippen MR) is 139 cm³/mol. The number of benzene rings is 1. The Morgan fingerprint density at radius 2 is 1.90 bits per heavy atom. The van der Waals surface area contributed by atoms with E-state index in [2.05, 4.69) is 82.6 Å². The molecular formula is C26H36IN3O. The van der Waals surface area contributed by atoms with Crippen LogP contribution in [0.15, 0.2) is 27.9 Å². The SMILES string of the molecule is CC(C)=C/C(=C\I)c1cc2n[nH]c(C3CCC(N4CC(C)(O)C4)CC3)c2cc1C(C)C. The number of nitrogens with one attached hydrogen (secondary N) is 1. The molecule has 1 aliphatic carbocycles. The molecule has 31 heavy (non-hydrogen) atoms. The van der Waals surface area contributed by atoms with Crippen LogP contribution in [0.3, 0.4) is 0 Å². The van der Waals surface area contributed by atoms with Crippen LogP contribution >= 0.6 is 22.6 Å². The van der Waals surface area contributed by atoms with Crippen molar-refractivity contribution in [3.8, 4) is 0 Å². The van der Waals surface area contributed by atoms with Crippen LogP contribution in [-0.4, -0.2) is 44.9 Å². The van der Waals surface area contributed by atoms with Gasteiger partial charge in [-0.1, -0.05) is 48.1 Å². The van der Waals surface area contributed by atoms with E-state index in [1.165, 1.54) is 59.0 Å². The van der Waals surface area contributed by atoms with E-state index in [0.29, 0.717) is 17.9 Å². The third-order valence-electron chi connectivity index (χ3n) is 6.96. The van der Waals surface area contributed by atoms with Crippen molar-refractivity contribution in [3.63, 3.8) is 0 Å². The molecule has 0 atom stereocenters. The average Bonchev–Trinajstić information content (AvgIpc) is 3.12. The fraction of sp³-hybridized carbons (Fsp3) is 0.577. The molecular weight excluding hydrogens is 497 g/mol. The Hall–Kier alpha value is -1.18. The highest BCUT2D eigenvalue weighted by molar-refractivity contribution is 14.1. The fourth-order valence-corrected chi connectivity index (χ4v) is 5.94. The van der Waals surface area contributed by atoms with Crippen LogP contribution in [0.1, 0.15) is 89.0 Å². The minimum absolute atomic E-state index is 0.453. The van der Waals surface area contributed by atoms with Gasteiger partial charge in [0.25, 0.3) is 0 Å². The predicted octanol–water partition coefficient (Wildman–Crippen LogP) is 6.52. The first-order valence-corrected chi connectivity index (χ1v) is 12.9. The molecule has 2 N–H and O–H groups in total. The number of β-amino-alcohol motifs (C(OH)–C–C–N with tert-alkyl or cyclic N) is 1. The number of halogens is 1. The summed E-state index contributed by atoms with van der Waals surface area (Å²) in [6.07, 6.45) is 7.06. The van der Waals surface area contributed by atoms with Gasteiger partial charge in [-0.25, -0.2) is 0 Å². The van der Waals surface area contributed by atoms with Crippen LogP contribution in [0.2, 0.25) is 0 Å². The number of allylic oxidation sites excluding steroid dienone is 3. The molecule has 0 unspecified atom stereocenters. The fourth-order valence-electron chi connectivity index (χ4n) is 5.43. The molecule has 0 amide bonds. The van der Waals surface area contributed by atoms with Crippen LogP contribution in [0.25, 0.3) is 16.5 Å². The summed E-state index contributed by atoms with van der Waals surface area (Å²) in [5.41, 5.74) is 7.19. The van der Waals surface area contributed by atoms with Gasteiger partial charge in [0.05, 0.1) is 11.1 Å². The van der Waals surface area contributed by atoms with E-state index in [1.54, 1.807) is 0 Å². The average molecular weight is 533 g/mol. The normalized spacial score (nSPS) is 24.5. The lowest BCUT2D eigenvalue weighted by atomic mass is 9.80. The molecule has 4 rings (SSSR count). The van der Waals surface area contributed by atoms with E-state index in [-0.39, 0.29) is 0 Å². The first-order chi connectivity index (χ1) is 14.7. The van der Waals surface area contributed by atoms with E-state index in [9.17, 15) is 5.11 Å². The lowest BCUT2D eigenvalue weighted by molar-refractivity contribution is -0.107. The maximum Gasteiger partial charge on any atom is 0.0930 e. The van der Waals surface area contributed by atoms with Gasteiger partial charge in [-0.15, -0.1) is 0 Å². The van der Waals surface area contributed by atoms with Gasteiger partial charge in [0.1, 0.15) is 0 Å². The summed E-state index contributed by atoms with van der Waals surface area (Å²) in [6.45, 7) is 12.5. The molecule has 1 saturated carbocycles. The third-order valence-corrected chi connectivity index (χ3v) is 7.63. The first-order valence-electron chi connectivity index (χ1n) is 11.6. The summed E-state index contributed by atoms with van der Waals surface area (Å²) in [6, 6.07) is 5.30. The molecule has 168 valence electrons. The van der Waals surface area contributed by atoms with E-state index in [1.807, 2.05) is 6.92 Å². The highest BCUT2D eigenvalue weighted by Gasteiger charge is 2.41. The zero-order valence-electron chi connectivity index (χ0n) is 19.5. The third kappa shape index (κ3) is 4.79. The number of aliphatic hydroxyl groups is 1. The highest BCUT2D eigenvalue weighted by atomic mass is 127. The van der Waals surface area contributed by atoms with Crippen molar-refractivity contribution in [3.05, 3.63) is 44.7 Å². The number of hydrogen-bond donors (Lipinski definition) is 2. The van der Waals surface area contributed by atoms with Gasteiger partial charge >= 0.3 is 0 Å². The van der Waals surface area contributed by atoms with Crippen molar-refractivity contribution >= 4 is 39.1 Å². The molecule has 0 bridgehead atoms. The molecule has 2 aromatic rings. The zero-order valence-corrected chi connectivity index (χ0v) is 21.7. The molecule has 0 radical (unpaired) electrons. The molecule has 2 fully saturated rings. The monoisotopic (exact) mass is 533 g/mol. The Kier molecular flexibility index (Phi) is 6.67. The Balaban J connectivity index is 1.59. The molecule has 1 aromatic heterocycles. The van der Waals surface area contributed by atoms with Crippen molar-refractivity contribution in [1.29, 1.82) is 0 Å². The van der Waals surface area contributed by atoms with E-state index >= 15 is 0 Å². The van der Waals surface area contributed by atoms with Gasteiger partial charge < -0.3 is 5.11 Å². The van der Waals surface area contributed by atoms with Crippen LogP contribution in [0.5, 0.6) is 0 Å². The second kappa shape index (κ2) is 8.99. The maximum absolute atomic E-state index is 10.1. The second-order valence-electron chi connectivity index (χ2n) is 10.4. The van der Waals surface area contributed by atoms with Crippen LogP contribution < -0.4 is 0 Å². The van der Waals surface area contributed by atoms with Gasteiger partial charge in [0, 0.05) is 36.1 Å². The Labute approximate surface area is 200 Å². The number of likely N-dealkylation sites (tertiary alicyclic amines) is 1. The summed E-state index contributed by atoms with van der Waals surface area (Å²) in [7, 11) is 0. The molecule has 1 saturated heterocycles.